The third-order valence-corrected chi connectivity index (χ3v) is 7.39. The lowest BCUT2D eigenvalue weighted by Crippen LogP contribution is -2.14. The maximum atomic E-state index is 12.5. The van der Waals surface area contributed by atoms with Gasteiger partial charge in [-0.2, -0.15) is 0 Å². The molecule has 170 valence electrons. The van der Waals surface area contributed by atoms with Crippen molar-refractivity contribution in [2.45, 2.75) is 48.7 Å². The van der Waals surface area contributed by atoms with Crippen LogP contribution in [-0.4, -0.2) is 18.4 Å². The highest BCUT2D eigenvalue weighted by atomic mass is 35.5. The van der Waals surface area contributed by atoms with Gasteiger partial charge in [0.25, 0.3) is 0 Å². The highest BCUT2D eigenvalue weighted by molar-refractivity contribution is 7.98. The molecule has 0 saturated heterocycles. The Balaban J connectivity index is 1.25. The van der Waals surface area contributed by atoms with E-state index in [1.165, 1.54) is 37.7 Å². The smallest absolute Gasteiger partial charge is 0.338 e. The summed E-state index contributed by atoms with van der Waals surface area (Å²) in [6.45, 7) is -0.254. The zero-order chi connectivity index (χ0) is 23.0. The van der Waals surface area contributed by atoms with Crippen molar-refractivity contribution in [2.24, 2.45) is 0 Å². The van der Waals surface area contributed by atoms with Crippen LogP contribution in [0.15, 0.2) is 77.7 Å². The molecule has 1 aliphatic rings. The molecule has 0 amide bonds. The van der Waals surface area contributed by atoms with Crippen LogP contribution in [0.1, 0.15) is 69.9 Å². The van der Waals surface area contributed by atoms with Gasteiger partial charge in [0.15, 0.2) is 12.4 Å². The van der Waals surface area contributed by atoms with Gasteiger partial charge in [-0.05, 0) is 66.3 Å². The fourth-order valence-electron chi connectivity index (χ4n) is 4.11. The van der Waals surface area contributed by atoms with Gasteiger partial charge in [0.05, 0.1) is 5.56 Å². The number of ketones is 1. The highest BCUT2D eigenvalue weighted by Crippen LogP contribution is 2.32. The van der Waals surface area contributed by atoms with Crippen LogP contribution in [0, 0.1) is 0 Å². The Labute approximate surface area is 204 Å². The molecule has 0 aliphatic heterocycles. The van der Waals surface area contributed by atoms with Crippen molar-refractivity contribution in [2.75, 3.05) is 6.61 Å². The normalized spacial score (nSPS) is 14.1. The average Bonchev–Trinajstić information content (AvgIpc) is 2.87. The molecular weight excluding hydrogens is 452 g/mol. The quantitative estimate of drug-likeness (QED) is 0.189. The van der Waals surface area contributed by atoms with Crippen LogP contribution in [0.2, 0.25) is 5.02 Å². The van der Waals surface area contributed by atoms with E-state index >= 15 is 0 Å². The van der Waals surface area contributed by atoms with E-state index in [1.807, 2.05) is 60.7 Å². The molecule has 1 aliphatic carbocycles. The van der Waals surface area contributed by atoms with E-state index in [1.54, 1.807) is 23.9 Å². The van der Waals surface area contributed by atoms with Crippen molar-refractivity contribution >= 4 is 35.1 Å². The van der Waals surface area contributed by atoms with E-state index in [0.29, 0.717) is 17.0 Å². The second-order valence-corrected chi connectivity index (χ2v) is 9.88. The largest absolute Gasteiger partial charge is 0.454 e. The van der Waals surface area contributed by atoms with Gasteiger partial charge < -0.3 is 4.74 Å². The Bertz CT molecular complexity index is 1070. The van der Waals surface area contributed by atoms with Crippen molar-refractivity contribution in [3.63, 3.8) is 0 Å². The zero-order valence-corrected chi connectivity index (χ0v) is 20.0. The summed E-state index contributed by atoms with van der Waals surface area (Å²) in [5, 5.41) is 0.720. The molecule has 1 fully saturated rings. The molecule has 0 spiro atoms. The van der Waals surface area contributed by atoms with E-state index in [9.17, 15) is 9.59 Å². The summed E-state index contributed by atoms with van der Waals surface area (Å²) in [6.07, 6.45) is 6.34. The molecule has 3 aromatic carbocycles. The highest BCUT2D eigenvalue weighted by Gasteiger charge is 2.17. The van der Waals surface area contributed by atoms with Crippen molar-refractivity contribution in [1.29, 1.82) is 0 Å². The van der Waals surface area contributed by atoms with Gasteiger partial charge in [-0.1, -0.05) is 67.3 Å². The molecule has 0 bridgehead atoms. The van der Waals surface area contributed by atoms with Gasteiger partial charge in [-0.25, -0.2) is 4.79 Å². The minimum absolute atomic E-state index is 0.186. The molecule has 3 aromatic rings. The average molecular weight is 479 g/mol. The fourth-order valence-corrected chi connectivity index (χ4v) is 5.09. The molecule has 0 radical (unpaired) electrons. The SMILES string of the molecule is O=C(COC(=O)c1ccc(CSc2ccc(Cl)cc2)cc1)c1ccc(C2CCCCC2)cc1. The van der Waals surface area contributed by atoms with Crippen LogP contribution in [0.5, 0.6) is 0 Å². The first-order chi connectivity index (χ1) is 16.1. The first-order valence-corrected chi connectivity index (χ1v) is 12.7. The summed E-state index contributed by atoms with van der Waals surface area (Å²) in [7, 11) is 0. The van der Waals surface area contributed by atoms with Crippen LogP contribution < -0.4 is 0 Å². The number of thioether (sulfide) groups is 1. The molecule has 33 heavy (non-hydrogen) atoms. The summed E-state index contributed by atoms with van der Waals surface area (Å²) in [6, 6.07) is 22.8. The van der Waals surface area contributed by atoms with Gasteiger partial charge in [-0.15, -0.1) is 11.8 Å². The van der Waals surface area contributed by atoms with Gasteiger partial charge in [0, 0.05) is 21.2 Å². The standard InChI is InChI=1S/C28H27ClO3S/c29-25-14-16-26(17-15-25)33-19-20-6-8-24(9-7-20)28(31)32-18-27(30)23-12-10-22(11-13-23)21-4-2-1-3-5-21/h6-17,21H,1-5,18-19H2. The van der Waals surface area contributed by atoms with E-state index in [2.05, 4.69) is 0 Å². The van der Waals surface area contributed by atoms with Crippen molar-refractivity contribution < 1.29 is 14.3 Å². The molecular formula is C28H27ClO3S. The van der Waals surface area contributed by atoms with Crippen molar-refractivity contribution in [3.05, 3.63) is 100 Å². The molecule has 0 aromatic heterocycles. The second kappa shape index (κ2) is 11.5. The van der Waals surface area contributed by atoms with Gasteiger partial charge >= 0.3 is 5.97 Å². The third kappa shape index (κ3) is 6.72. The molecule has 0 atom stereocenters. The zero-order valence-electron chi connectivity index (χ0n) is 18.5. The van der Waals surface area contributed by atoms with E-state index in [4.69, 9.17) is 16.3 Å². The predicted molar refractivity (Wildman–Crippen MR) is 134 cm³/mol. The topological polar surface area (TPSA) is 43.4 Å². The van der Waals surface area contributed by atoms with E-state index < -0.39 is 5.97 Å². The number of benzene rings is 3. The lowest BCUT2D eigenvalue weighted by Gasteiger charge is -2.22. The summed E-state index contributed by atoms with van der Waals surface area (Å²) < 4.78 is 5.27. The second-order valence-electron chi connectivity index (χ2n) is 8.40. The van der Waals surface area contributed by atoms with Gasteiger partial charge in [0.1, 0.15) is 0 Å². The number of ether oxygens (including phenoxy) is 1. The monoisotopic (exact) mass is 478 g/mol. The summed E-state index contributed by atoms with van der Waals surface area (Å²) in [4.78, 5) is 26.0. The summed E-state index contributed by atoms with van der Waals surface area (Å²) in [5.41, 5.74) is 3.42. The number of esters is 1. The Hall–Kier alpha value is -2.56. The third-order valence-electron chi connectivity index (χ3n) is 6.05. The summed E-state index contributed by atoms with van der Waals surface area (Å²) >= 11 is 7.62. The Morgan fingerprint density at radius 3 is 2.12 bits per heavy atom. The Kier molecular flexibility index (Phi) is 8.25. The fraction of sp³-hybridized carbons (Fsp3) is 0.286. The number of rotatable bonds is 8. The predicted octanol–water partition coefficient (Wildman–Crippen LogP) is 7.72. The first kappa shape index (κ1) is 23.6. The minimum atomic E-state index is -0.487. The Morgan fingerprint density at radius 1 is 0.818 bits per heavy atom. The number of hydrogen-bond donors (Lipinski definition) is 0. The molecule has 4 rings (SSSR count). The molecule has 5 heteroatoms. The maximum absolute atomic E-state index is 12.5. The molecule has 3 nitrogen and oxygen atoms in total. The van der Waals surface area contributed by atoms with E-state index in [0.717, 1.165) is 21.2 Å². The van der Waals surface area contributed by atoms with Crippen LogP contribution in [0.4, 0.5) is 0 Å². The van der Waals surface area contributed by atoms with E-state index in [-0.39, 0.29) is 12.4 Å². The number of Topliss-reactive ketones (excluding diaryl/α,β-unsaturated/α-hetero) is 1. The molecule has 0 unspecified atom stereocenters. The molecule has 0 N–H and O–H groups in total. The van der Waals surface area contributed by atoms with Crippen molar-refractivity contribution in [1.82, 2.24) is 0 Å². The van der Waals surface area contributed by atoms with Crippen LogP contribution in [0.25, 0.3) is 0 Å². The van der Waals surface area contributed by atoms with Crippen molar-refractivity contribution in [3.8, 4) is 0 Å². The molecule has 0 heterocycles. The minimum Gasteiger partial charge on any atom is -0.454 e. The number of carbonyl (C=O) groups excluding carboxylic acids is 2. The Morgan fingerprint density at radius 2 is 1.45 bits per heavy atom. The van der Waals surface area contributed by atoms with Crippen LogP contribution in [0.3, 0.4) is 0 Å². The lowest BCUT2D eigenvalue weighted by molar-refractivity contribution is 0.0474. The van der Waals surface area contributed by atoms with Gasteiger partial charge in [-0.3, -0.25) is 4.79 Å². The summed E-state index contributed by atoms with van der Waals surface area (Å²) in [5.74, 6) is 0.716. The first-order valence-electron chi connectivity index (χ1n) is 11.4. The number of halogens is 1. The number of hydrogen-bond acceptors (Lipinski definition) is 4. The maximum Gasteiger partial charge on any atom is 0.338 e. The molecule has 1 saturated carbocycles. The van der Waals surface area contributed by atoms with Crippen LogP contribution >= 0.6 is 23.4 Å². The number of carbonyl (C=O) groups is 2. The lowest BCUT2D eigenvalue weighted by atomic mass is 9.84. The van der Waals surface area contributed by atoms with Gasteiger partial charge in [0.2, 0.25) is 0 Å². The van der Waals surface area contributed by atoms with Crippen LogP contribution in [-0.2, 0) is 10.5 Å².